The van der Waals surface area contributed by atoms with Gasteiger partial charge in [0.05, 0.1) is 6.61 Å². The van der Waals surface area contributed by atoms with Gasteiger partial charge in [0.25, 0.3) is 0 Å². The Labute approximate surface area is 36.7 Å². The minimum absolute atomic E-state index is 0.0497. The molecule has 0 amide bonds. The Hall–Kier alpha value is -0.680. The van der Waals surface area contributed by atoms with Gasteiger partial charge in [0.1, 0.15) is 12.7 Å². The Morgan fingerprint density at radius 2 is 2.50 bits per heavy atom. The maximum Gasteiger partial charge on any atom is 0.124 e. The van der Waals surface area contributed by atoms with Gasteiger partial charge in [0, 0.05) is 6.42 Å². The van der Waals surface area contributed by atoms with E-state index >= 15 is 0 Å². The predicted octanol–water partition coefficient (Wildman–Crippen LogP) is -0.457. The fraction of sp³-hybridized carbons (Fsp3) is 0.500. The Bertz CT molecular complexity index is 53.1. The van der Waals surface area contributed by atoms with Gasteiger partial charge in [-0.2, -0.15) is 0 Å². The van der Waals surface area contributed by atoms with Crippen LogP contribution in [0.3, 0.4) is 0 Å². The lowest BCUT2D eigenvalue weighted by Gasteiger charge is -1.85. The first-order chi connectivity index (χ1) is 2.91. The highest BCUT2D eigenvalue weighted by atomic mass is 16.5. The van der Waals surface area contributed by atoms with E-state index in [2.05, 4.69) is 4.74 Å². The fourth-order valence-electron chi connectivity index (χ4n) is 0.0967. The molecule has 0 aromatic rings. The van der Waals surface area contributed by atoms with Gasteiger partial charge in [-0.15, -0.1) is 0 Å². The zero-order valence-corrected chi connectivity index (χ0v) is 3.27. The zero-order chi connectivity index (χ0) is 4.83. The van der Waals surface area contributed by atoms with E-state index in [9.17, 15) is 0 Å². The van der Waals surface area contributed by atoms with Crippen LogP contribution in [-0.2, 0) is 4.74 Å². The van der Waals surface area contributed by atoms with Gasteiger partial charge in [-0.05, 0) is 0 Å². The van der Waals surface area contributed by atoms with E-state index in [1.165, 1.54) is 0 Å². The van der Waals surface area contributed by atoms with Gasteiger partial charge >= 0.3 is 0 Å². The van der Waals surface area contributed by atoms with Crippen molar-refractivity contribution >= 4 is 0 Å². The highest BCUT2D eigenvalue weighted by Gasteiger charge is 1.70. The molecule has 2 heteroatoms. The largest absolute Gasteiger partial charge is 0.443 e. The molecule has 0 aromatic carbocycles. The second-order valence-corrected chi connectivity index (χ2v) is 0.674. The van der Waals surface area contributed by atoms with E-state index in [1.807, 2.05) is 0 Å². The molecule has 0 heterocycles. The molecule has 0 bridgehead atoms. The van der Waals surface area contributed by atoms with Crippen LogP contribution < -0.4 is 0 Å². The lowest BCUT2D eigenvalue weighted by molar-refractivity contribution is 0.180. The summed E-state index contributed by atoms with van der Waals surface area (Å²) in [5, 5.41) is 7.95. The van der Waals surface area contributed by atoms with Crippen LogP contribution in [0.25, 0.3) is 0 Å². The summed E-state index contributed by atoms with van der Waals surface area (Å²) in [6.45, 7) is 0.120. The van der Waals surface area contributed by atoms with Crippen LogP contribution >= 0.6 is 0 Å². The van der Waals surface area contributed by atoms with Crippen LogP contribution in [0.15, 0.2) is 0 Å². The van der Waals surface area contributed by atoms with Crippen molar-refractivity contribution in [2.24, 2.45) is 0 Å². The first kappa shape index (κ1) is 5.32. The van der Waals surface area contributed by atoms with Gasteiger partial charge in [-0.25, -0.2) is 0 Å². The quantitative estimate of drug-likeness (QED) is 0.363. The third-order valence-corrected chi connectivity index (χ3v) is 0.266. The molecule has 0 aliphatic carbocycles. The van der Waals surface area contributed by atoms with E-state index in [4.69, 9.17) is 11.5 Å². The molecule has 0 saturated heterocycles. The lowest BCUT2D eigenvalue weighted by Crippen LogP contribution is -1.91. The molecule has 0 aromatic heterocycles. The predicted molar refractivity (Wildman–Crippen MR) is 20.2 cm³/mol. The Kier molecular flexibility index (Phi) is 3.83. The van der Waals surface area contributed by atoms with Crippen LogP contribution in [0.4, 0.5) is 0 Å². The normalized spacial score (nSPS) is 6.67. The van der Waals surface area contributed by atoms with Crippen molar-refractivity contribution in [3.05, 3.63) is 6.42 Å². The van der Waals surface area contributed by atoms with Crippen molar-refractivity contribution in [1.82, 2.24) is 0 Å². The summed E-state index contributed by atoms with van der Waals surface area (Å²) < 4.78 is 4.15. The molecule has 0 fully saturated rings. The van der Waals surface area contributed by atoms with Gasteiger partial charge in [-0.3, -0.25) is 0 Å². The molecule has 0 saturated carbocycles. The smallest absolute Gasteiger partial charge is 0.124 e. The molecule has 0 aliphatic heterocycles. The maximum atomic E-state index is 7.95. The van der Waals surface area contributed by atoms with E-state index < -0.39 is 0 Å². The van der Waals surface area contributed by atoms with E-state index in [1.54, 1.807) is 6.11 Å². The fourth-order valence-corrected chi connectivity index (χ4v) is 0.0967. The molecule has 0 atom stereocenters. The highest BCUT2D eigenvalue weighted by molar-refractivity contribution is 4.54. The summed E-state index contributed by atoms with van der Waals surface area (Å²) in [6.07, 6.45) is 7.78. The SMILES string of the molecule is [C]#COCCO. The van der Waals surface area contributed by atoms with Gasteiger partial charge in [0.15, 0.2) is 0 Å². The summed E-state index contributed by atoms with van der Waals surface area (Å²) in [4.78, 5) is 0. The van der Waals surface area contributed by atoms with Crippen molar-refractivity contribution in [1.29, 1.82) is 0 Å². The second kappa shape index (κ2) is 4.32. The van der Waals surface area contributed by atoms with Crippen LogP contribution in [-0.4, -0.2) is 18.3 Å². The van der Waals surface area contributed by atoms with Crippen molar-refractivity contribution in [3.63, 3.8) is 0 Å². The average Bonchev–Trinajstić information content (AvgIpc) is 1.61. The third kappa shape index (κ3) is 3.32. The molecule has 0 spiro atoms. The van der Waals surface area contributed by atoms with Crippen molar-refractivity contribution in [3.8, 4) is 6.11 Å². The van der Waals surface area contributed by atoms with E-state index in [0.717, 1.165) is 0 Å². The number of hydrogen-bond donors (Lipinski definition) is 1. The minimum atomic E-state index is -0.0497. The zero-order valence-electron chi connectivity index (χ0n) is 3.27. The summed E-state index contributed by atoms with van der Waals surface area (Å²) in [6, 6.07) is 0. The molecule has 0 unspecified atom stereocenters. The molecule has 0 aliphatic rings. The summed E-state index contributed by atoms with van der Waals surface area (Å²) in [5.41, 5.74) is 0. The number of hydrogen-bond acceptors (Lipinski definition) is 2. The first-order valence-electron chi connectivity index (χ1n) is 1.56. The van der Waals surface area contributed by atoms with E-state index in [0.29, 0.717) is 0 Å². The van der Waals surface area contributed by atoms with Crippen molar-refractivity contribution in [2.75, 3.05) is 13.2 Å². The monoisotopic (exact) mass is 85.0 g/mol. The van der Waals surface area contributed by atoms with Crippen molar-refractivity contribution in [2.45, 2.75) is 0 Å². The van der Waals surface area contributed by atoms with Crippen LogP contribution in [0, 0.1) is 12.5 Å². The molecule has 0 rings (SSSR count). The minimum Gasteiger partial charge on any atom is -0.443 e. The summed E-state index contributed by atoms with van der Waals surface area (Å²) in [7, 11) is 0. The molecule has 33 valence electrons. The van der Waals surface area contributed by atoms with Gasteiger partial charge < -0.3 is 9.84 Å². The van der Waals surface area contributed by atoms with Gasteiger partial charge in [0.2, 0.25) is 0 Å². The molecule has 1 N–H and O–H groups in total. The molecule has 6 heavy (non-hydrogen) atoms. The number of aliphatic hydroxyl groups is 1. The highest BCUT2D eigenvalue weighted by Crippen LogP contribution is 1.61. The number of aliphatic hydroxyl groups excluding tert-OH is 1. The number of rotatable bonds is 2. The Morgan fingerprint density at radius 1 is 1.83 bits per heavy atom. The Morgan fingerprint density at radius 3 is 2.67 bits per heavy atom. The molecule has 2 nitrogen and oxygen atoms in total. The average molecular weight is 85.1 g/mol. The molecule has 1 radical (unpaired) electrons. The Balaban J connectivity index is 2.54. The van der Waals surface area contributed by atoms with Crippen molar-refractivity contribution < 1.29 is 9.84 Å². The van der Waals surface area contributed by atoms with Crippen LogP contribution in [0.5, 0.6) is 0 Å². The first-order valence-corrected chi connectivity index (χ1v) is 1.56. The second-order valence-electron chi connectivity index (χ2n) is 0.674. The summed E-state index contributed by atoms with van der Waals surface area (Å²) in [5.74, 6) is 0. The van der Waals surface area contributed by atoms with E-state index in [-0.39, 0.29) is 13.2 Å². The topological polar surface area (TPSA) is 29.5 Å². The standard InChI is InChI=1S/C4H5O2/c1-2-6-4-3-5/h5H,3-4H2. The van der Waals surface area contributed by atoms with Gasteiger partial charge in [-0.1, -0.05) is 0 Å². The lowest BCUT2D eigenvalue weighted by atomic mass is 10.8. The van der Waals surface area contributed by atoms with Crippen LogP contribution in [0.1, 0.15) is 0 Å². The maximum absolute atomic E-state index is 7.95. The number of ether oxygens (including phenoxy) is 1. The molecular weight excluding hydrogens is 80.0 g/mol. The van der Waals surface area contributed by atoms with Crippen LogP contribution in [0.2, 0.25) is 0 Å². The molecular formula is C4H5O2. The summed E-state index contributed by atoms with van der Waals surface area (Å²) >= 11 is 0. The third-order valence-electron chi connectivity index (χ3n) is 0.266.